The Morgan fingerprint density at radius 3 is 2.58 bits per heavy atom. The Kier molecular flexibility index (Phi) is 4.96. The Morgan fingerprint density at radius 2 is 1.89 bits per heavy atom. The lowest BCUT2D eigenvalue weighted by atomic mass is 10.1. The molecule has 2 N–H and O–H groups in total. The lowest BCUT2D eigenvalue weighted by molar-refractivity contribution is -0.127. The number of carbonyl (C=O) groups is 2. The third-order valence-corrected chi connectivity index (χ3v) is 3.99. The van der Waals surface area contributed by atoms with Gasteiger partial charge in [-0.05, 0) is 40.9 Å². The van der Waals surface area contributed by atoms with Crippen molar-refractivity contribution in [3.05, 3.63) is 28.7 Å². The fraction of sp³-hybridized carbons (Fsp3) is 0.429. The van der Waals surface area contributed by atoms with Crippen LogP contribution in [0, 0.1) is 5.92 Å². The summed E-state index contributed by atoms with van der Waals surface area (Å²) in [7, 11) is 0. The van der Waals surface area contributed by atoms with Crippen LogP contribution in [-0.2, 0) is 9.59 Å². The number of hydrogen-bond donors (Lipinski definition) is 2. The van der Waals surface area contributed by atoms with Crippen LogP contribution in [0.3, 0.4) is 0 Å². The highest BCUT2D eigenvalue weighted by Gasteiger charge is 2.22. The number of rotatable bonds is 4. The second-order valence-electron chi connectivity index (χ2n) is 4.73. The molecule has 2 amide bonds. The summed E-state index contributed by atoms with van der Waals surface area (Å²) in [5.74, 6) is -0.116. The van der Waals surface area contributed by atoms with E-state index in [1.807, 2.05) is 18.2 Å². The van der Waals surface area contributed by atoms with Gasteiger partial charge in [-0.3, -0.25) is 9.59 Å². The van der Waals surface area contributed by atoms with Crippen molar-refractivity contribution < 1.29 is 9.59 Å². The Balaban J connectivity index is 1.78. The standard InChI is InChI=1S/C14H17BrN2O2/c15-11-7-3-4-8-12(11)17-13(18)9-16-14(19)10-5-1-2-6-10/h3-4,7-8,10H,1-2,5-6,9H2,(H,16,19)(H,17,18). The third-order valence-electron chi connectivity index (χ3n) is 3.30. The summed E-state index contributed by atoms with van der Waals surface area (Å²) in [5, 5.41) is 5.45. The summed E-state index contributed by atoms with van der Waals surface area (Å²) >= 11 is 3.36. The minimum absolute atomic E-state index is 0.000206. The van der Waals surface area contributed by atoms with E-state index in [4.69, 9.17) is 0 Å². The van der Waals surface area contributed by atoms with E-state index in [1.54, 1.807) is 6.07 Å². The number of amides is 2. The first kappa shape index (κ1) is 14.1. The van der Waals surface area contributed by atoms with Gasteiger partial charge in [0.2, 0.25) is 11.8 Å². The number of carbonyl (C=O) groups excluding carboxylic acids is 2. The van der Waals surface area contributed by atoms with Crippen LogP contribution in [0.5, 0.6) is 0 Å². The molecule has 5 heteroatoms. The Hall–Kier alpha value is -1.36. The maximum atomic E-state index is 11.8. The van der Waals surface area contributed by atoms with Gasteiger partial charge in [0.25, 0.3) is 0 Å². The minimum atomic E-state index is -0.210. The fourth-order valence-corrected chi connectivity index (χ4v) is 2.64. The molecule has 0 saturated heterocycles. The highest BCUT2D eigenvalue weighted by molar-refractivity contribution is 9.10. The van der Waals surface area contributed by atoms with Gasteiger partial charge in [0.15, 0.2) is 0 Å². The third kappa shape index (κ3) is 4.06. The molecule has 19 heavy (non-hydrogen) atoms. The van der Waals surface area contributed by atoms with E-state index in [0.717, 1.165) is 30.2 Å². The van der Waals surface area contributed by atoms with Gasteiger partial charge in [0.1, 0.15) is 0 Å². The van der Waals surface area contributed by atoms with Crippen molar-refractivity contribution in [3.63, 3.8) is 0 Å². The summed E-state index contributed by atoms with van der Waals surface area (Å²) in [6, 6.07) is 7.38. The molecule has 0 heterocycles. The van der Waals surface area contributed by atoms with Crippen LogP contribution in [0.4, 0.5) is 5.69 Å². The zero-order valence-corrected chi connectivity index (χ0v) is 12.2. The van der Waals surface area contributed by atoms with Crippen molar-refractivity contribution in [2.45, 2.75) is 25.7 Å². The highest BCUT2D eigenvalue weighted by Crippen LogP contribution is 2.24. The molecule has 0 bridgehead atoms. The summed E-state index contributed by atoms with van der Waals surface area (Å²) in [6.07, 6.45) is 4.11. The van der Waals surface area contributed by atoms with Gasteiger partial charge in [-0.15, -0.1) is 0 Å². The van der Waals surface area contributed by atoms with E-state index in [0.29, 0.717) is 5.69 Å². The quantitative estimate of drug-likeness (QED) is 0.894. The van der Waals surface area contributed by atoms with Crippen molar-refractivity contribution >= 4 is 33.4 Å². The molecule has 2 rings (SSSR count). The molecule has 0 unspecified atom stereocenters. The zero-order chi connectivity index (χ0) is 13.7. The first-order chi connectivity index (χ1) is 9.16. The van der Waals surface area contributed by atoms with Crippen LogP contribution < -0.4 is 10.6 Å². The van der Waals surface area contributed by atoms with E-state index in [2.05, 4.69) is 26.6 Å². The monoisotopic (exact) mass is 324 g/mol. The van der Waals surface area contributed by atoms with Crippen LogP contribution in [-0.4, -0.2) is 18.4 Å². The predicted octanol–water partition coefficient (Wildman–Crippen LogP) is 2.69. The molecule has 1 aromatic carbocycles. The number of anilines is 1. The van der Waals surface area contributed by atoms with Crippen molar-refractivity contribution in [1.29, 1.82) is 0 Å². The van der Waals surface area contributed by atoms with Crippen LogP contribution in [0.25, 0.3) is 0 Å². The molecule has 0 spiro atoms. The van der Waals surface area contributed by atoms with Crippen molar-refractivity contribution in [2.75, 3.05) is 11.9 Å². The average molecular weight is 325 g/mol. The molecule has 1 aromatic rings. The summed E-state index contributed by atoms with van der Waals surface area (Å²) in [6.45, 7) is 0.0245. The van der Waals surface area contributed by atoms with Gasteiger partial charge in [0, 0.05) is 10.4 Å². The van der Waals surface area contributed by atoms with Gasteiger partial charge < -0.3 is 10.6 Å². The summed E-state index contributed by atoms with van der Waals surface area (Å²) < 4.78 is 0.825. The van der Waals surface area contributed by atoms with Crippen LogP contribution in [0.1, 0.15) is 25.7 Å². The highest BCUT2D eigenvalue weighted by atomic mass is 79.9. The molecule has 0 radical (unpaired) electrons. The SMILES string of the molecule is O=C(CNC(=O)C1CCCC1)Nc1ccccc1Br. The molecule has 0 aliphatic heterocycles. The second kappa shape index (κ2) is 6.70. The molecule has 1 aliphatic rings. The number of para-hydroxylation sites is 1. The number of hydrogen-bond acceptors (Lipinski definition) is 2. The maximum absolute atomic E-state index is 11.8. The van der Waals surface area contributed by atoms with E-state index in [1.165, 1.54) is 0 Å². The molecule has 102 valence electrons. The van der Waals surface area contributed by atoms with Gasteiger partial charge in [-0.2, -0.15) is 0 Å². The van der Waals surface area contributed by atoms with E-state index in [-0.39, 0.29) is 24.3 Å². The molecule has 0 aromatic heterocycles. The topological polar surface area (TPSA) is 58.2 Å². The number of halogens is 1. The Labute approximate surface area is 121 Å². The lowest BCUT2D eigenvalue weighted by Crippen LogP contribution is -2.36. The number of benzene rings is 1. The summed E-state index contributed by atoms with van der Waals surface area (Å²) in [4.78, 5) is 23.5. The molecule has 1 aliphatic carbocycles. The fourth-order valence-electron chi connectivity index (χ4n) is 2.26. The lowest BCUT2D eigenvalue weighted by Gasteiger charge is -2.11. The van der Waals surface area contributed by atoms with Crippen molar-refractivity contribution in [3.8, 4) is 0 Å². The van der Waals surface area contributed by atoms with Gasteiger partial charge in [0.05, 0.1) is 12.2 Å². The van der Waals surface area contributed by atoms with Gasteiger partial charge >= 0.3 is 0 Å². The van der Waals surface area contributed by atoms with Gasteiger partial charge in [-0.25, -0.2) is 0 Å². The van der Waals surface area contributed by atoms with E-state index >= 15 is 0 Å². The summed E-state index contributed by atoms with van der Waals surface area (Å²) in [5.41, 5.74) is 0.711. The molecule has 0 atom stereocenters. The van der Waals surface area contributed by atoms with Gasteiger partial charge in [-0.1, -0.05) is 25.0 Å². The molecule has 1 saturated carbocycles. The molecular weight excluding hydrogens is 308 g/mol. The Morgan fingerprint density at radius 1 is 1.21 bits per heavy atom. The first-order valence-corrected chi connectivity index (χ1v) is 7.28. The smallest absolute Gasteiger partial charge is 0.243 e. The maximum Gasteiger partial charge on any atom is 0.243 e. The molecule has 4 nitrogen and oxygen atoms in total. The van der Waals surface area contributed by atoms with Crippen molar-refractivity contribution in [1.82, 2.24) is 5.32 Å². The van der Waals surface area contributed by atoms with Crippen LogP contribution in [0.15, 0.2) is 28.7 Å². The minimum Gasteiger partial charge on any atom is -0.347 e. The van der Waals surface area contributed by atoms with E-state index in [9.17, 15) is 9.59 Å². The average Bonchev–Trinajstić information content (AvgIpc) is 2.93. The van der Waals surface area contributed by atoms with Crippen LogP contribution >= 0.6 is 15.9 Å². The molecular formula is C14H17BrN2O2. The predicted molar refractivity (Wildman–Crippen MR) is 77.7 cm³/mol. The van der Waals surface area contributed by atoms with E-state index < -0.39 is 0 Å². The Bertz CT molecular complexity index is 470. The second-order valence-corrected chi connectivity index (χ2v) is 5.58. The number of nitrogens with one attached hydrogen (secondary N) is 2. The largest absolute Gasteiger partial charge is 0.347 e. The zero-order valence-electron chi connectivity index (χ0n) is 10.6. The molecule has 1 fully saturated rings. The first-order valence-electron chi connectivity index (χ1n) is 6.49. The normalized spacial score (nSPS) is 15.2. The van der Waals surface area contributed by atoms with Crippen LogP contribution in [0.2, 0.25) is 0 Å². The van der Waals surface area contributed by atoms with Crippen molar-refractivity contribution in [2.24, 2.45) is 5.92 Å².